The van der Waals surface area contributed by atoms with Crippen LogP contribution >= 0.6 is 0 Å². The fourth-order valence-electron chi connectivity index (χ4n) is 4.29. The van der Waals surface area contributed by atoms with Crippen molar-refractivity contribution >= 4 is 5.96 Å². The number of piperazine rings is 1. The molecule has 0 unspecified atom stereocenters. The van der Waals surface area contributed by atoms with Crippen molar-refractivity contribution in [2.75, 3.05) is 59.4 Å². The standard InChI is InChI=1S/C23H40N6/c1-20(2)29-12-9-22(10-13-29)26-23(24-3)25-11-14-27-15-17-28(18-16-27)19-21-7-5-4-6-8-21/h4-8,20,22H,9-19H2,1-3H3,(H2,24,25,26). The molecule has 0 radical (unpaired) electrons. The number of rotatable bonds is 7. The van der Waals surface area contributed by atoms with Crippen LogP contribution in [-0.2, 0) is 6.54 Å². The Morgan fingerprint density at radius 3 is 2.28 bits per heavy atom. The summed E-state index contributed by atoms with van der Waals surface area (Å²) in [4.78, 5) is 12.1. The highest BCUT2D eigenvalue weighted by molar-refractivity contribution is 5.79. The third-order valence-corrected chi connectivity index (χ3v) is 6.26. The molecule has 0 aromatic heterocycles. The highest BCUT2D eigenvalue weighted by Crippen LogP contribution is 2.13. The minimum absolute atomic E-state index is 0.540. The van der Waals surface area contributed by atoms with Gasteiger partial charge in [-0.25, -0.2) is 0 Å². The maximum atomic E-state index is 4.43. The van der Waals surface area contributed by atoms with E-state index in [1.807, 2.05) is 7.05 Å². The van der Waals surface area contributed by atoms with Crippen molar-refractivity contribution in [3.63, 3.8) is 0 Å². The van der Waals surface area contributed by atoms with Crippen molar-refractivity contribution in [3.05, 3.63) is 35.9 Å². The Labute approximate surface area is 177 Å². The number of piperidine rings is 1. The van der Waals surface area contributed by atoms with Gasteiger partial charge in [-0.1, -0.05) is 30.3 Å². The summed E-state index contributed by atoms with van der Waals surface area (Å²) in [5, 5.41) is 7.14. The summed E-state index contributed by atoms with van der Waals surface area (Å²) in [5.74, 6) is 0.954. The highest BCUT2D eigenvalue weighted by atomic mass is 15.3. The Balaban J connectivity index is 1.29. The fourth-order valence-corrected chi connectivity index (χ4v) is 4.29. The van der Waals surface area contributed by atoms with Gasteiger partial charge in [-0.2, -0.15) is 0 Å². The smallest absolute Gasteiger partial charge is 0.191 e. The molecule has 0 saturated carbocycles. The molecule has 0 atom stereocenters. The molecule has 0 amide bonds. The molecule has 29 heavy (non-hydrogen) atoms. The molecule has 0 aliphatic carbocycles. The lowest BCUT2D eigenvalue weighted by atomic mass is 10.0. The van der Waals surface area contributed by atoms with E-state index >= 15 is 0 Å². The van der Waals surface area contributed by atoms with Gasteiger partial charge < -0.3 is 15.5 Å². The van der Waals surface area contributed by atoms with Crippen LogP contribution in [0.25, 0.3) is 0 Å². The maximum absolute atomic E-state index is 4.43. The Bertz CT molecular complexity index is 601. The summed E-state index contributed by atoms with van der Waals surface area (Å²) in [6.07, 6.45) is 2.39. The Morgan fingerprint density at radius 1 is 1.00 bits per heavy atom. The number of aliphatic imine (C=N–C) groups is 1. The van der Waals surface area contributed by atoms with Crippen molar-refractivity contribution in [2.24, 2.45) is 4.99 Å². The lowest BCUT2D eigenvalue weighted by Crippen LogP contribution is -2.52. The first-order chi connectivity index (χ1) is 14.1. The van der Waals surface area contributed by atoms with Crippen molar-refractivity contribution < 1.29 is 0 Å². The van der Waals surface area contributed by atoms with Gasteiger partial charge >= 0.3 is 0 Å². The second kappa shape index (κ2) is 11.5. The molecule has 2 aliphatic rings. The third kappa shape index (κ3) is 7.28. The molecule has 162 valence electrons. The maximum Gasteiger partial charge on any atom is 0.191 e. The van der Waals surface area contributed by atoms with Crippen LogP contribution in [0, 0.1) is 0 Å². The summed E-state index contributed by atoms with van der Waals surface area (Å²) in [6.45, 7) is 14.6. The molecule has 0 bridgehead atoms. The first-order valence-corrected chi connectivity index (χ1v) is 11.3. The highest BCUT2D eigenvalue weighted by Gasteiger charge is 2.21. The van der Waals surface area contributed by atoms with E-state index in [9.17, 15) is 0 Å². The van der Waals surface area contributed by atoms with E-state index in [0.29, 0.717) is 12.1 Å². The number of hydrogen-bond acceptors (Lipinski definition) is 4. The number of likely N-dealkylation sites (tertiary alicyclic amines) is 1. The largest absolute Gasteiger partial charge is 0.355 e. The molecule has 2 saturated heterocycles. The summed E-state index contributed by atoms with van der Waals surface area (Å²) in [6, 6.07) is 12.0. The van der Waals surface area contributed by atoms with Crippen LogP contribution in [0.5, 0.6) is 0 Å². The van der Waals surface area contributed by atoms with Crippen molar-refractivity contribution in [3.8, 4) is 0 Å². The third-order valence-electron chi connectivity index (χ3n) is 6.26. The fraction of sp³-hybridized carbons (Fsp3) is 0.696. The van der Waals surface area contributed by atoms with Crippen molar-refractivity contribution in [2.45, 2.75) is 45.3 Å². The molecule has 6 heteroatoms. The lowest BCUT2D eigenvalue weighted by Gasteiger charge is -2.36. The van der Waals surface area contributed by atoms with Gasteiger partial charge in [0.05, 0.1) is 0 Å². The molecular weight excluding hydrogens is 360 g/mol. The van der Waals surface area contributed by atoms with Crippen LogP contribution in [0.1, 0.15) is 32.3 Å². The van der Waals surface area contributed by atoms with E-state index in [0.717, 1.165) is 51.8 Å². The van der Waals surface area contributed by atoms with E-state index in [1.54, 1.807) is 0 Å². The van der Waals surface area contributed by atoms with Crippen LogP contribution in [0.2, 0.25) is 0 Å². The molecule has 2 heterocycles. The normalized spacial score (nSPS) is 20.9. The van der Waals surface area contributed by atoms with Crippen molar-refractivity contribution in [1.29, 1.82) is 0 Å². The van der Waals surface area contributed by atoms with Crippen molar-refractivity contribution in [1.82, 2.24) is 25.3 Å². The minimum atomic E-state index is 0.540. The van der Waals surface area contributed by atoms with Gasteiger partial charge in [-0.15, -0.1) is 0 Å². The predicted molar refractivity (Wildman–Crippen MR) is 122 cm³/mol. The predicted octanol–water partition coefficient (Wildman–Crippen LogP) is 1.84. The Morgan fingerprint density at radius 2 is 1.66 bits per heavy atom. The van der Waals surface area contributed by atoms with Crippen LogP contribution in [0.4, 0.5) is 0 Å². The zero-order valence-corrected chi connectivity index (χ0v) is 18.6. The van der Waals surface area contributed by atoms with Gasteiger partial charge in [0.25, 0.3) is 0 Å². The quantitative estimate of drug-likeness (QED) is 0.540. The summed E-state index contributed by atoms with van der Waals surface area (Å²) in [7, 11) is 1.88. The average molecular weight is 401 g/mol. The van der Waals surface area contributed by atoms with Gasteiger partial charge in [0.1, 0.15) is 0 Å². The molecule has 1 aromatic carbocycles. The Kier molecular flexibility index (Phi) is 8.77. The first kappa shape index (κ1) is 22.1. The molecule has 6 nitrogen and oxygen atoms in total. The number of nitrogens with one attached hydrogen (secondary N) is 2. The van der Waals surface area contributed by atoms with Crippen LogP contribution in [0.15, 0.2) is 35.3 Å². The van der Waals surface area contributed by atoms with Gasteiger partial charge in [0.2, 0.25) is 0 Å². The number of hydrogen-bond donors (Lipinski definition) is 2. The summed E-state index contributed by atoms with van der Waals surface area (Å²) in [5.41, 5.74) is 1.41. The zero-order chi connectivity index (χ0) is 20.5. The molecule has 1 aromatic rings. The van der Waals surface area contributed by atoms with Gasteiger partial charge in [-0.05, 0) is 32.3 Å². The van der Waals surface area contributed by atoms with Gasteiger partial charge in [0, 0.05) is 78.0 Å². The second-order valence-electron chi connectivity index (χ2n) is 8.65. The van der Waals surface area contributed by atoms with E-state index in [4.69, 9.17) is 0 Å². The van der Waals surface area contributed by atoms with E-state index < -0.39 is 0 Å². The topological polar surface area (TPSA) is 46.1 Å². The molecule has 2 fully saturated rings. The number of nitrogens with zero attached hydrogens (tertiary/aromatic N) is 4. The van der Waals surface area contributed by atoms with E-state index in [1.165, 1.54) is 31.5 Å². The second-order valence-corrected chi connectivity index (χ2v) is 8.65. The minimum Gasteiger partial charge on any atom is -0.355 e. The van der Waals surface area contributed by atoms with Crippen LogP contribution in [0.3, 0.4) is 0 Å². The van der Waals surface area contributed by atoms with Crippen LogP contribution in [-0.4, -0.2) is 92.1 Å². The average Bonchev–Trinajstić information content (AvgIpc) is 2.75. The monoisotopic (exact) mass is 400 g/mol. The number of benzene rings is 1. The van der Waals surface area contributed by atoms with E-state index in [2.05, 4.69) is 74.5 Å². The molecule has 2 N–H and O–H groups in total. The molecule has 0 spiro atoms. The lowest BCUT2D eigenvalue weighted by molar-refractivity contribution is 0.128. The van der Waals surface area contributed by atoms with Gasteiger partial charge in [0.15, 0.2) is 5.96 Å². The first-order valence-electron chi connectivity index (χ1n) is 11.3. The van der Waals surface area contributed by atoms with E-state index in [-0.39, 0.29) is 0 Å². The zero-order valence-electron chi connectivity index (χ0n) is 18.6. The molecule has 3 rings (SSSR count). The van der Waals surface area contributed by atoms with Crippen LogP contribution < -0.4 is 10.6 Å². The molecular formula is C23H40N6. The molecule has 2 aliphatic heterocycles. The number of guanidine groups is 1. The SMILES string of the molecule is CN=C(NCCN1CCN(Cc2ccccc2)CC1)NC1CCN(C(C)C)CC1. The van der Waals surface area contributed by atoms with Gasteiger partial charge in [-0.3, -0.25) is 14.8 Å². The Hall–Kier alpha value is -1.63. The summed E-state index contributed by atoms with van der Waals surface area (Å²) < 4.78 is 0. The summed E-state index contributed by atoms with van der Waals surface area (Å²) >= 11 is 0.